The number of esters is 2. The maximum Gasteiger partial charge on any atom is 0.408 e. The Morgan fingerprint density at radius 2 is 1.77 bits per heavy atom. The number of alkyl carbamates (subject to hydrolysis) is 1. The van der Waals surface area contributed by atoms with E-state index in [1.165, 1.54) is 18.7 Å². The number of fused-ring (bicyclic) bond motifs is 9. The molecule has 5 heterocycles. The highest BCUT2D eigenvalue weighted by atomic mass is 32.2. The fourth-order valence-electron chi connectivity index (χ4n) is 9.54. The summed E-state index contributed by atoms with van der Waals surface area (Å²) in [5.41, 5.74) is 3.69. The van der Waals surface area contributed by atoms with E-state index in [0.717, 1.165) is 16.7 Å². The van der Waals surface area contributed by atoms with Crippen LogP contribution in [0.25, 0.3) is 0 Å². The molecule has 2 amide bonds. The van der Waals surface area contributed by atoms with Crippen molar-refractivity contribution in [3.05, 3.63) is 39.4 Å². The van der Waals surface area contributed by atoms with Crippen molar-refractivity contribution in [2.24, 2.45) is 5.92 Å². The highest BCUT2D eigenvalue weighted by molar-refractivity contribution is 7.99. The molecule has 61 heavy (non-hydrogen) atoms. The van der Waals surface area contributed by atoms with Crippen LogP contribution in [-0.2, 0) is 35.0 Å². The summed E-state index contributed by atoms with van der Waals surface area (Å²) in [6, 6.07) is -0.371. The van der Waals surface area contributed by atoms with Crippen LogP contribution in [0, 0.1) is 31.1 Å². The second-order valence-electron chi connectivity index (χ2n) is 17.3. The molecule has 0 spiro atoms. The topological polar surface area (TPSA) is 196 Å². The average Bonchev–Trinajstić information content (AvgIpc) is 3.68. The SMILES string of the molecule is COCOc1c(OC)c(C)cc2c1[C@@H]1C3[C@@H]4SC[C@H](NC(=O)C(NC(=O)OC(C)(C)C)C(C)C)C(=O)OC[C@H](c5c6c(c(C)c(OC(C)=O)c54)OCO6)N3[C@@H](C#N)[C@@H](C2)N1C. The minimum absolute atomic E-state index is 0.0118. The first-order chi connectivity index (χ1) is 28.9. The summed E-state index contributed by atoms with van der Waals surface area (Å²) in [6.07, 6.45) is -0.271. The van der Waals surface area contributed by atoms with Crippen LogP contribution in [0.15, 0.2) is 6.07 Å². The first-order valence-corrected chi connectivity index (χ1v) is 21.4. The van der Waals surface area contributed by atoms with Gasteiger partial charge in [0.25, 0.3) is 0 Å². The zero-order valence-electron chi connectivity index (χ0n) is 36.5. The summed E-state index contributed by atoms with van der Waals surface area (Å²) in [4.78, 5) is 58.4. The molecule has 0 aliphatic carbocycles. The number of benzene rings is 2. The molecule has 2 aromatic carbocycles. The van der Waals surface area contributed by atoms with E-state index in [1.54, 1.807) is 55.8 Å². The number of piperazine rings is 1. The summed E-state index contributed by atoms with van der Waals surface area (Å²) in [7, 11) is 5.13. The molecule has 17 nitrogen and oxygen atoms in total. The molecule has 2 N–H and O–H groups in total. The van der Waals surface area contributed by atoms with Gasteiger partial charge in [0, 0.05) is 54.1 Å². The van der Waals surface area contributed by atoms with Crippen LogP contribution in [0.5, 0.6) is 28.7 Å². The van der Waals surface area contributed by atoms with Crippen molar-refractivity contribution in [3.8, 4) is 34.8 Å². The van der Waals surface area contributed by atoms with Gasteiger partial charge >= 0.3 is 18.0 Å². The van der Waals surface area contributed by atoms with Crippen LogP contribution in [0.1, 0.15) is 92.3 Å². The molecule has 5 aliphatic rings. The molecular weight excluding hydrogens is 811 g/mol. The number of hydrogen-bond acceptors (Lipinski definition) is 16. The number of thioether (sulfide) groups is 1. The maximum atomic E-state index is 14.2. The second-order valence-corrected chi connectivity index (χ2v) is 18.5. The predicted molar refractivity (Wildman–Crippen MR) is 221 cm³/mol. The van der Waals surface area contributed by atoms with E-state index < -0.39 is 71.0 Å². The second kappa shape index (κ2) is 17.1. The van der Waals surface area contributed by atoms with Crippen LogP contribution in [0.2, 0.25) is 0 Å². The van der Waals surface area contributed by atoms with Gasteiger partial charge in [0.15, 0.2) is 29.8 Å². The molecule has 5 aliphatic heterocycles. The van der Waals surface area contributed by atoms with E-state index in [2.05, 4.69) is 32.6 Å². The van der Waals surface area contributed by atoms with Gasteiger partial charge < -0.3 is 48.5 Å². The number of nitriles is 1. The van der Waals surface area contributed by atoms with Crippen LogP contribution in [0.4, 0.5) is 4.79 Å². The molecule has 7 rings (SSSR count). The summed E-state index contributed by atoms with van der Waals surface area (Å²) >= 11 is 1.36. The number of carbonyl (C=O) groups is 4. The highest BCUT2D eigenvalue weighted by Gasteiger charge is 2.61. The molecule has 2 unspecified atom stereocenters. The van der Waals surface area contributed by atoms with Gasteiger partial charge in [0.05, 0.1) is 30.5 Å². The van der Waals surface area contributed by atoms with Crippen LogP contribution < -0.4 is 34.3 Å². The van der Waals surface area contributed by atoms with Crippen LogP contribution in [0.3, 0.4) is 0 Å². The minimum atomic E-state index is -1.18. The summed E-state index contributed by atoms with van der Waals surface area (Å²) in [5.74, 6) is -0.0624. The van der Waals surface area contributed by atoms with Gasteiger partial charge in [-0.05, 0) is 65.1 Å². The van der Waals surface area contributed by atoms with E-state index in [9.17, 15) is 24.4 Å². The third-order valence-corrected chi connectivity index (χ3v) is 13.3. The largest absolute Gasteiger partial charge is 0.493 e. The Morgan fingerprint density at radius 1 is 1.05 bits per heavy atom. The molecule has 4 bridgehead atoms. The third kappa shape index (κ3) is 7.90. The number of nitrogens with one attached hydrogen (secondary N) is 2. The van der Waals surface area contributed by atoms with Crippen molar-refractivity contribution in [2.45, 2.75) is 115 Å². The van der Waals surface area contributed by atoms with Gasteiger partial charge in [-0.15, -0.1) is 11.8 Å². The van der Waals surface area contributed by atoms with Crippen molar-refractivity contribution < 1.29 is 57.1 Å². The zero-order valence-corrected chi connectivity index (χ0v) is 37.3. The van der Waals surface area contributed by atoms with E-state index in [4.69, 9.17) is 37.9 Å². The van der Waals surface area contributed by atoms with Crippen molar-refractivity contribution in [2.75, 3.05) is 47.2 Å². The predicted octanol–water partition coefficient (Wildman–Crippen LogP) is 4.54. The number of aryl methyl sites for hydroxylation is 1. The lowest BCUT2D eigenvalue weighted by Gasteiger charge is -2.61. The number of likely N-dealkylation sites (N-methyl/N-ethyl adjacent to an activating group) is 1. The maximum absolute atomic E-state index is 14.2. The highest BCUT2D eigenvalue weighted by Crippen LogP contribution is 2.64. The van der Waals surface area contributed by atoms with Gasteiger partial charge in [0.1, 0.15) is 36.1 Å². The Kier molecular flexibility index (Phi) is 12.3. The van der Waals surface area contributed by atoms with Gasteiger partial charge in [-0.1, -0.05) is 19.9 Å². The molecule has 2 aromatic rings. The third-order valence-electron chi connectivity index (χ3n) is 11.9. The van der Waals surface area contributed by atoms with Gasteiger partial charge in [-0.2, -0.15) is 5.26 Å². The number of nitrogens with zero attached hydrogens (tertiary/aromatic N) is 3. The first kappa shape index (κ1) is 44.1. The lowest BCUT2D eigenvalue weighted by molar-refractivity contribution is -0.152. The number of carbonyl (C=O) groups excluding carboxylic acids is 4. The van der Waals surface area contributed by atoms with E-state index in [0.29, 0.717) is 46.1 Å². The molecule has 18 heteroatoms. The Balaban J connectivity index is 1.41. The molecule has 0 saturated carbocycles. The molecule has 0 aromatic heterocycles. The van der Waals surface area contributed by atoms with Gasteiger partial charge in [0.2, 0.25) is 12.7 Å². The number of rotatable bonds is 9. The fourth-order valence-corrected chi connectivity index (χ4v) is 11.0. The quantitative estimate of drug-likeness (QED) is 0.202. The summed E-state index contributed by atoms with van der Waals surface area (Å²) < 4.78 is 47.7. The lowest BCUT2D eigenvalue weighted by atomic mass is 9.71. The van der Waals surface area contributed by atoms with E-state index >= 15 is 0 Å². The first-order valence-electron chi connectivity index (χ1n) is 20.4. The number of cyclic esters (lactones) is 1. The number of hydrogen-bond donors (Lipinski definition) is 2. The molecule has 2 saturated heterocycles. The minimum Gasteiger partial charge on any atom is -0.493 e. The molecule has 330 valence electrons. The summed E-state index contributed by atoms with van der Waals surface area (Å²) in [6.45, 7) is 13.4. The van der Waals surface area contributed by atoms with Crippen molar-refractivity contribution >= 4 is 35.7 Å². The molecular formula is C43H55N5O12S. The van der Waals surface area contributed by atoms with Gasteiger partial charge in [-0.25, -0.2) is 9.59 Å². The van der Waals surface area contributed by atoms with Gasteiger partial charge in [-0.3, -0.25) is 19.4 Å². The van der Waals surface area contributed by atoms with E-state index in [-0.39, 0.29) is 43.7 Å². The van der Waals surface area contributed by atoms with Crippen LogP contribution >= 0.6 is 11.8 Å². The Bertz CT molecular complexity index is 2150. The smallest absolute Gasteiger partial charge is 0.408 e. The Hall–Kier alpha value is -4.96. The summed E-state index contributed by atoms with van der Waals surface area (Å²) in [5, 5.41) is 16.1. The number of ether oxygens (including phenoxy) is 8. The van der Waals surface area contributed by atoms with E-state index in [1.807, 2.05) is 14.0 Å². The Morgan fingerprint density at radius 3 is 2.41 bits per heavy atom. The Labute approximate surface area is 359 Å². The van der Waals surface area contributed by atoms with Crippen molar-refractivity contribution in [1.82, 2.24) is 20.4 Å². The normalized spacial score (nSPS) is 25.8. The standard InChI is InChI=1S/C43H55N5O12S/c1-19(2)31(46-42(52)60-43(6,7)8)40(50)45-24-16-61-39-30-29(38-36(57-18-58-38)21(4)35(30)59-22(5)49)27(15-55-41(24)51)48-26(14-44)25-13-23-12-20(3)34(54-11)37(56-17-53-10)28(23)32(33(39)48)47(25)9/h12,19,24-27,31-33,39H,13,15-18H2,1-11H3,(H,45,50)(H,46,52)/t24-,25+,26-,27+,31?,32+,33?,39+/m0/s1. The monoisotopic (exact) mass is 865 g/mol. The number of methoxy groups -OCH3 is 2. The molecule has 2 fully saturated rings. The molecule has 8 atom stereocenters. The average molecular weight is 866 g/mol. The van der Waals surface area contributed by atoms with Crippen molar-refractivity contribution in [1.29, 1.82) is 5.26 Å². The van der Waals surface area contributed by atoms with Crippen molar-refractivity contribution in [3.63, 3.8) is 0 Å². The van der Waals surface area contributed by atoms with Crippen LogP contribution in [-0.4, -0.2) is 117 Å². The molecule has 0 radical (unpaired) electrons. The lowest BCUT2D eigenvalue weighted by Crippen LogP contribution is -2.69. The fraction of sp³-hybridized carbons (Fsp3) is 0.605. The zero-order chi connectivity index (χ0) is 44.2. The number of amides is 2.